The minimum atomic E-state index is -4.64. The summed E-state index contributed by atoms with van der Waals surface area (Å²) in [6.07, 6.45) is -0.750. The molecular formula is C16H21F3N4OSi. The van der Waals surface area contributed by atoms with Crippen LogP contribution in [0.3, 0.4) is 0 Å². The molecule has 0 atom stereocenters. The summed E-state index contributed by atoms with van der Waals surface area (Å²) >= 11 is 0. The van der Waals surface area contributed by atoms with E-state index in [1.54, 1.807) is 12.1 Å². The first-order valence-corrected chi connectivity index (χ1v) is 11.7. The van der Waals surface area contributed by atoms with Crippen LogP contribution < -0.4 is 5.32 Å². The monoisotopic (exact) mass is 370 g/mol. The van der Waals surface area contributed by atoms with Crippen LogP contribution in [0.15, 0.2) is 22.9 Å². The fourth-order valence-electron chi connectivity index (χ4n) is 2.97. The van der Waals surface area contributed by atoms with Gasteiger partial charge in [0.2, 0.25) is 5.82 Å². The highest BCUT2D eigenvalue weighted by atomic mass is 28.3. The van der Waals surface area contributed by atoms with Crippen LogP contribution in [0, 0.1) is 0 Å². The molecule has 1 aliphatic rings. The fourth-order valence-corrected chi connectivity index (χ4v) is 5.48. The molecule has 1 N–H and O–H groups in total. The van der Waals surface area contributed by atoms with Gasteiger partial charge >= 0.3 is 12.1 Å². The SMILES string of the molecule is C[Si]1(C)CCC(NCc2ccc(-c3noc(C(F)(F)F)n3)cn2)CC1. The van der Waals surface area contributed by atoms with Gasteiger partial charge in [0.05, 0.1) is 5.69 Å². The predicted octanol–water partition coefficient (Wildman–Crippen LogP) is 4.11. The molecule has 1 fully saturated rings. The van der Waals surface area contributed by atoms with E-state index < -0.39 is 20.1 Å². The first-order valence-electron chi connectivity index (χ1n) is 8.33. The molecule has 25 heavy (non-hydrogen) atoms. The Morgan fingerprint density at radius 1 is 1.24 bits per heavy atom. The van der Waals surface area contributed by atoms with Gasteiger partial charge in [-0.05, 0) is 25.0 Å². The zero-order valence-electron chi connectivity index (χ0n) is 14.2. The molecule has 0 saturated carbocycles. The van der Waals surface area contributed by atoms with Gasteiger partial charge in [0.15, 0.2) is 0 Å². The van der Waals surface area contributed by atoms with Crippen LogP contribution in [0.2, 0.25) is 25.2 Å². The topological polar surface area (TPSA) is 63.8 Å². The molecule has 0 spiro atoms. The predicted molar refractivity (Wildman–Crippen MR) is 89.5 cm³/mol. The highest BCUT2D eigenvalue weighted by Crippen LogP contribution is 2.30. The maximum Gasteiger partial charge on any atom is 0.471 e. The molecule has 2 aromatic heterocycles. The van der Waals surface area contributed by atoms with Crippen molar-refractivity contribution in [1.29, 1.82) is 0 Å². The summed E-state index contributed by atoms with van der Waals surface area (Å²) in [6, 6.07) is 6.64. The number of halogens is 3. The average molecular weight is 370 g/mol. The van der Waals surface area contributed by atoms with Crippen molar-refractivity contribution >= 4 is 8.07 Å². The number of aromatic nitrogens is 3. The van der Waals surface area contributed by atoms with Gasteiger partial charge in [-0.2, -0.15) is 18.2 Å². The van der Waals surface area contributed by atoms with Gasteiger partial charge in [-0.1, -0.05) is 30.3 Å². The molecule has 0 radical (unpaired) electrons. The molecule has 3 heterocycles. The molecule has 0 aromatic carbocycles. The van der Waals surface area contributed by atoms with Crippen molar-refractivity contribution in [1.82, 2.24) is 20.4 Å². The van der Waals surface area contributed by atoms with Gasteiger partial charge < -0.3 is 9.84 Å². The highest BCUT2D eigenvalue weighted by Gasteiger charge is 2.38. The van der Waals surface area contributed by atoms with E-state index >= 15 is 0 Å². The van der Waals surface area contributed by atoms with Crippen LogP contribution >= 0.6 is 0 Å². The Balaban J connectivity index is 1.57. The van der Waals surface area contributed by atoms with Crippen molar-refractivity contribution in [3.8, 4) is 11.4 Å². The van der Waals surface area contributed by atoms with Crippen molar-refractivity contribution in [3.05, 3.63) is 29.9 Å². The number of rotatable bonds is 4. The highest BCUT2D eigenvalue weighted by molar-refractivity contribution is 6.77. The quantitative estimate of drug-likeness (QED) is 0.821. The molecule has 0 unspecified atom stereocenters. The molecule has 0 amide bonds. The van der Waals surface area contributed by atoms with Crippen LogP contribution in [0.1, 0.15) is 24.4 Å². The van der Waals surface area contributed by atoms with Crippen LogP contribution in [-0.2, 0) is 12.7 Å². The standard InChI is InChI=1S/C16H21F3N4OSi/c1-25(2)7-5-12(6-8-25)21-10-13-4-3-11(9-20-13)14-22-15(24-23-14)16(17,18)19/h3-4,9,12,21H,5-8,10H2,1-2H3. The fraction of sp³-hybridized carbons (Fsp3) is 0.562. The number of nitrogens with one attached hydrogen (secondary N) is 1. The van der Waals surface area contributed by atoms with Crippen LogP contribution in [-0.4, -0.2) is 29.2 Å². The van der Waals surface area contributed by atoms with E-state index in [2.05, 4.69) is 38.1 Å². The third kappa shape index (κ3) is 4.66. The summed E-state index contributed by atoms with van der Waals surface area (Å²) < 4.78 is 41.7. The van der Waals surface area contributed by atoms with Crippen molar-refractivity contribution < 1.29 is 17.7 Å². The second-order valence-corrected chi connectivity index (χ2v) is 12.6. The summed E-state index contributed by atoms with van der Waals surface area (Å²) in [5.41, 5.74) is 1.23. The number of nitrogens with zero attached hydrogens (tertiary/aromatic N) is 3. The van der Waals surface area contributed by atoms with Gasteiger partial charge in [-0.15, -0.1) is 0 Å². The van der Waals surface area contributed by atoms with Crippen LogP contribution in [0.4, 0.5) is 13.2 Å². The number of alkyl halides is 3. The molecular weight excluding hydrogens is 349 g/mol. The van der Waals surface area contributed by atoms with Crippen LogP contribution in [0.5, 0.6) is 0 Å². The van der Waals surface area contributed by atoms with Gasteiger partial charge in [-0.3, -0.25) is 4.98 Å². The number of hydrogen-bond acceptors (Lipinski definition) is 5. The van der Waals surface area contributed by atoms with E-state index in [1.807, 2.05) is 0 Å². The first kappa shape index (κ1) is 18.1. The molecule has 9 heteroatoms. The Morgan fingerprint density at radius 2 is 1.96 bits per heavy atom. The van der Waals surface area contributed by atoms with E-state index in [1.165, 1.54) is 31.1 Å². The largest absolute Gasteiger partial charge is 0.471 e. The molecule has 3 rings (SSSR count). The second kappa shape index (κ2) is 6.87. The lowest BCUT2D eigenvalue weighted by Crippen LogP contribution is -2.39. The lowest BCUT2D eigenvalue weighted by Gasteiger charge is -2.33. The Hall–Kier alpha value is -1.74. The Kier molecular flexibility index (Phi) is 4.96. The molecule has 1 aliphatic heterocycles. The molecule has 136 valence electrons. The maximum absolute atomic E-state index is 12.5. The van der Waals surface area contributed by atoms with E-state index in [0.717, 1.165) is 5.69 Å². The normalized spacial score (nSPS) is 18.4. The maximum atomic E-state index is 12.5. The molecule has 5 nitrogen and oxygen atoms in total. The summed E-state index contributed by atoms with van der Waals surface area (Å²) in [5.74, 6) is -1.46. The zero-order valence-corrected chi connectivity index (χ0v) is 15.2. The van der Waals surface area contributed by atoms with E-state index in [0.29, 0.717) is 18.2 Å². The Bertz CT molecular complexity index is 705. The Labute approximate surface area is 145 Å². The summed E-state index contributed by atoms with van der Waals surface area (Å²) in [5, 5.41) is 6.88. The minimum absolute atomic E-state index is 0.112. The van der Waals surface area contributed by atoms with Crippen molar-refractivity contribution in [3.63, 3.8) is 0 Å². The molecule has 2 aromatic rings. The summed E-state index contributed by atoms with van der Waals surface area (Å²) in [6.45, 7) is 5.52. The third-order valence-corrected chi connectivity index (χ3v) is 7.95. The number of pyridine rings is 1. The van der Waals surface area contributed by atoms with E-state index in [9.17, 15) is 13.2 Å². The minimum Gasteiger partial charge on any atom is -0.329 e. The number of hydrogen-bond donors (Lipinski definition) is 1. The lowest BCUT2D eigenvalue weighted by atomic mass is 10.1. The Morgan fingerprint density at radius 3 is 2.52 bits per heavy atom. The lowest BCUT2D eigenvalue weighted by molar-refractivity contribution is -0.159. The summed E-state index contributed by atoms with van der Waals surface area (Å²) in [7, 11) is -0.956. The molecule has 0 bridgehead atoms. The average Bonchev–Trinajstić information content (AvgIpc) is 3.05. The molecule has 0 aliphatic carbocycles. The van der Waals surface area contributed by atoms with Crippen molar-refractivity contribution in [2.24, 2.45) is 0 Å². The van der Waals surface area contributed by atoms with E-state index in [-0.39, 0.29) is 5.82 Å². The van der Waals surface area contributed by atoms with Crippen molar-refractivity contribution in [2.75, 3.05) is 0 Å². The van der Waals surface area contributed by atoms with Crippen molar-refractivity contribution in [2.45, 2.75) is 56.8 Å². The van der Waals surface area contributed by atoms with Gasteiger partial charge in [0.1, 0.15) is 0 Å². The third-order valence-electron chi connectivity index (χ3n) is 4.66. The van der Waals surface area contributed by atoms with Crippen LogP contribution in [0.25, 0.3) is 11.4 Å². The zero-order chi connectivity index (χ0) is 18.1. The molecule has 1 saturated heterocycles. The second-order valence-electron chi connectivity index (χ2n) is 7.28. The van der Waals surface area contributed by atoms with Gasteiger partial charge in [0.25, 0.3) is 0 Å². The first-order chi connectivity index (χ1) is 11.7. The smallest absolute Gasteiger partial charge is 0.329 e. The summed E-state index contributed by atoms with van der Waals surface area (Å²) in [4.78, 5) is 7.64. The van der Waals surface area contributed by atoms with E-state index in [4.69, 9.17) is 0 Å². The van der Waals surface area contributed by atoms with Gasteiger partial charge in [-0.25, -0.2) is 0 Å². The van der Waals surface area contributed by atoms with Gasteiger partial charge in [0, 0.05) is 32.4 Å².